The average Bonchev–Trinajstić information content (AvgIpc) is 2.94. The highest BCUT2D eigenvalue weighted by molar-refractivity contribution is 7.89. The van der Waals surface area contributed by atoms with E-state index in [0.717, 1.165) is 10.4 Å². The molecule has 1 amide bonds. The summed E-state index contributed by atoms with van der Waals surface area (Å²) in [6.07, 6.45) is -2.74. The van der Waals surface area contributed by atoms with Gasteiger partial charge in [-0.1, -0.05) is 30.3 Å². The highest BCUT2D eigenvalue weighted by Crippen LogP contribution is 2.40. The number of carbonyl (C=O) groups is 3. The first kappa shape index (κ1) is 34.3. The second-order valence-electron chi connectivity index (χ2n) is 11.8. The van der Waals surface area contributed by atoms with Crippen molar-refractivity contribution in [1.29, 1.82) is 0 Å². The van der Waals surface area contributed by atoms with E-state index in [1.165, 1.54) is 73.7 Å². The number of aliphatic carboxylic acids is 1. The minimum atomic E-state index is -4.13. The maximum atomic E-state index is 13.9. The van der Waals surface area contributed by atoms with E-state index in [0.29, 0.717) is 5.56 Å². The van der Waals surface area contributed by atoms with E-state index in [9.17, 15) is 36.7 Å². The van der Waals surface area contributed by atoms with Gasteiger partial charge in [0.1, 0.15) is 23.4 Å². The van der Waals surface area contributed by atoms with E-state index >= 15 is 0 Å². The molecule has 3 aromatic carbocycles. The van der Waals surface area contributed by atoms with E-state index in [2.05, 4.69) is 5.32 Å². The van der Waals surface area contributed by atoms with E-state index in [-0.39, 0.29) is 35.7 Å². The van der Waals surface area contributed by atoms with Crippen molar-refractivity contribution in [2.45, 2.75) is 56.9 Å². The average molecular weight is 661 g/mol. The summed E-state index contributed by atoms with van der Waals surface area (Å²) in [5.74, 6) is -2.92. The number of ether oxygens (including phenoxy) is 3. The van der Waals surface area contributed by atoms with E-state index in [1.54, 1.807) is 20.8 Å². The second-order valence-corrected chi connectivity index (χ2v) is 13.8. The molecule has 0 aromatic heterocycles. The van der Waals surface area contributed by atoms with Crippen molar-refractivity contribution >= 4 is 28.1 Å². The van der Waals surface area contributed by atoms with Gasteiger partial charge in [0.15, 0.2) is 5.60 Å². The summed E-state index contributed by atoms with van der Waals surface area (Å²) < 4.78 is 72.0. The van der Waals surface area contributed by atoms with Crippen molar-refractivity contribution in [3.63, 3.8) is 0 Å². The number of nitrogens with one attached hydrogen (secondary N) is 1. The number of benzene rings is 3. The Morgan fingerprint density at radius 2 is 1.61 bits per heavy atom. The molecular formula is C32H34F2N2O9S. The number of nitrogens with zero attached hydrogens (tertiary/aromatic N) is 1. The third-order valence-electron chi connectivity index (χ3n) is 7.07. The lowest BCUT2D eigenvalue weighted by atomic mass is 9.87. The summed E-state index contributed by atoms with van der Waals surface area (Å²) >= 11 is 0. The predicted octanol–water partition coefficient (Wildman–Crippen LogP) is 4.60. The largest absolute Gasteiger partial charge is 0.480 e. The maximum Gasteiger partial charge on any atom is 0.410 e. The summed E-state index contributed by atoms with van der Waals surface area (Å²) in [6.45, 7) is 5.79. The number of carboxylic acids is 1. The molecule has 2 atom stereocenters. The zero-order chi connectivity index (χ0) is 33.9. The predicted molar refractivity (Wildman–Crippen MR) is 160 cm³/mol. The van der Waals surface area contributed by atoms with Crippen LogP contribution in [0.5, 0.6) is 5.75 Å². The van der Waals surface area contributed by atoms with Gasteiger partial charge in [0.25, 0.3) is 0 Å². The molecule has 1 aliphatic rings. The van der Waals surface area contributed by atoms with Gasteiger partial charge in [-0.25, -0.2) is 26.8 Å². The molecule has 0 saturated carbocycles. The van der Waals surface area contributed by atoms with Gasteiger partial charge >= 0.3 is 18.0 Å². The van der Waals surface area contributed by atoms with Crippen molar-refractivity contribution in [2.24, 2.45) is 5.41 Å². The fraction of sp³-hybridized carbons (Fsp3) is 0.344. The molecule has 246 valence electrons. The fourth-order valence-electron chi connectivity index (χ4n) is 4.61. The molecule has 3 aromatic rings. The molecule has 0 spiro atoms. The number of hydrogen-bond donors (Lipinski definition) is 2. The number of alkyl carbamates (subject to hydrolysis) is 1. The summed E-state index contributed by atoms with van der Waals surface area (Å²) in [6, 6.07) is 14.8. The van der Waals surface area contributed by atoms with Crippen LogP contribution >= 0.6 is 0 Å². The van der Waals surface area contributed by atoms with Gasteiger partial charge in [-0.2, -0.15) is 4.31 Å². The van der Waals surface area contributed by atoms with Crippen LogP contribution in [0.4, 0.5) is 13.6 Å². The monoisotopic (exact) mass is 660 g/mol. The molecule has 0 bridgehead atoms. The van der Waals surface area contributed by atoms with Gasteiger partial charge in [0.05, 0.1) is 23.4 Å². The number of sulfonamides is 1. The zero-order valence-corrected chi connectivity index (χ0v) is 26.3. The van der Waals surface area contributed by atoms with Crippen molar-refractivity contribution in [1.82, 2.24) is 9.62 Å². The Bertz CT molecular complexity index is 1700. The van der Waals surface area contributed by atoms with Crippen LogP contribution in [0.15, 0.2) is 77.7 Å². The summed E-state index contributed by atoms with van der Waals surface area (Å²) in [4.78, 5) is 36.2. The summed E-state index contributed by atoms with van der Waals surface area (Å²) in [5, 5.41) is 11.9. The van der Waals surface area contributed by atoms with Crippen LogP contribution in [0, 0.1) is 17.0 Å². The topological polar surface area (TPSA) is 149 Å². The number of esters is 1. The number of hydrogen-bond acceptors (Lipinski definition) is 8. The van der Waals surface area contributed by atoms with Crippen LogP contribution in [0.3, 0.4) is 0 Å². The first-order valence-electron chi connectivity index (χ1n) is 14.2. The molecule has 2 unspecified atom stereocenters. The molecule has 0 aliphatic carbocycles. The molecule has 2 N–H and O–H groups in total. The lowest BCUT2D eigenvalue weighted by molar-refractivity contribution is -0.174. The number of carbonyl (C=O) groups excluding carboxylic acids is 2. The van der Waals surface area contributed by atoms with Gasteiger partial charge in [0.2, 0.25) is 16.3 Å². The van der Waals surface area contributed by atoms with Crippen LogP contribution in [0.1, 0.15) is 38.8 Å². The van der Waals surface area contributed by atoms with Crippen molar-refractivity contribution in [3.05, 3.63) is 95.6 Å². The summed E-state index contributed by atoms with van der Waals surface area (Å²) in [5.41, 5.74) is -1.32. The number of amides is 1. The molecule has 4 rings (SSSR count). The van der Waals surface area contributed by atoms with Crippen molar-refractivity contribution < 1.29 is 50.9 Å². The highest BCUT2D eigenvalue weighted by atomic mass is 32.2. The van der Waals surface area contributed by atoms with Gasteiger partial charge in [-0.15, -0.1) is 0 Å². The van der Waals surface area contributed by atoms with Crippen LogP contribution in [-0.4, -0.2) is 61.3 Å². The van der Waals surface area contributed by atoms with Gasteiger partial charge < -0.3 is 24.6 Å². The number of carboxylic acid groups (broad SMARTS) is 1. The minimum absolute atomic E-state index is 0.141. The first-order valence-corrected chi connectivity index (χ1v) is 15.6. The molecule has 1 saturated heterocycles. The quantitative estimate of drug-likeness (QED) is 0.222. The molecule has 11 nitrogen and oxygen atoms in total. The Hall–Kier alpha value is -4.56. The fourth-order valence-corrected chi connectivity index (χ4v) is 6.21. The van der Waals surface area contributed by atoms with Crippen LogP contribution < -0.4 is 10.1 Å². The van der Waals surface area contributed by atoms with Crippen LogP contribution in [0.2, 0.25) is 0 Å². The van der Waals surface area contributed by atoms with E-state index < -0.39 is 63.0 Å². The number of rotatable bonds is 11. The Kier molecular flexibility index (Phi) is 10.0. The Labute approximate surface area is 265 Å². The second kappa shape index (κ2) is 13.4. The number of halogens is 2. The summed E-state index contributed by atoms with van der Waals surface area (Å²) in [7, 11) is -4.13. The van der Waals surface area contributed by atoms with Crippen molar-refractivity contribution in [2.75, 3.05) is 13.1 Å². The lowest BCUT2D eigenvalue weighted by Gasteiger charge is -2.48. The normalized spacial score (nSPS) is 16.0. The molecule has 1 aliphatic heterocycles. The molecular weight excluding hydrogens is 626 g/mol. The van der Waals surface area contributed by atoms with Crippen LogP contribution in [-0.2, 0) is 41.1 Å². The van der Waals surface area contributed by atoms with Crippen LogP contribution in [0.25, 0.3) is 0 Å². The van der Waals surface area contributed by atoms with E-state index in [1.807, 2.05) is 0 Å². The highest BCUT2D eigenvalue weighted by Gasteiger charge is 2.52. The SMILES string of the molecule is CC(OC(=O)NC(Cc1cccc(S(=O)(=O)N2CC(Oc3cccc(F)c3)(c3ccc(F)cc3)C2)c1)C(=O)O)OC(=O)C(C)(C)C. The molecule has 14 heteroatoms. The van der Waals surface area contributed by atoms with E-state index in [4.69, 9.17) is 14.2 Å². The third kappa shape index (κ3) is 8.17. The van der Waals surface area contributed by atoms with Gasteiger partial charge in [-0.05, 0) is 68.3 Å². The first-order chi connectivity index (χ1) is 21.5. The smallest absolute Gasteiger partial charge is 0.410 e. The lowest BCUT2D eigenvalue weighted by Crippen LogP contribution is -2.64. The van der Waals surface area contributed by atoms with Gasteiger partial charge in [0, 0.05) is 19.4 Å². The Morgan fingerprint density at radius 3 is 2.22 bits per heavy atom. The Balaban J connectivity index is 1.47. The molecule has 0 radical (unpaired) electrons. The maximum absolute atomic E-state index is 13.9. The molecule has 1 heterocycles. The molecule has 46 heavy (non-hydrogen) atoms. The standard InChI is InChI=1S/C32H34F2N2O9S/c1-20(43-29(39)31(2,3)4)44-30(40)35-27(28(37)38)16-21-7-5-10-26(15-21)46(41,42)36-18-32(19-36,22-11-13-23(33)14-12-22)45-25-9-6-8-24(34)17-25/h5-15,17,20,27H,16,18-19H2,1-4H3,(H,35,40)(H,37,38). The Morgan fingerprint density at radius 1 is 0.957 bits per heavy atom. The van der Waals surface area contributed by atoms with Gasteiger partial charge in [-0.3, -0.25) is 4.79 Å². The minimum Gasteiger partial charge on any atom is -0.480 e. The third-order valence-corrected chi connectivity index (χ3v) is 8.86. The van der Waals surface area contributed by atoms with Crippen molar-refractivity contribution in [3.8, 4) is 5.75 Å². The zero-order valence-electron chi connectivity index (χ0n) is 25.5. The molecule has 1 fully saturated rings.